The molecule has 0 atom stereocenters. The van der Waals surface area contributed by atoms with Gasteiger partial charge in [0, 0.05) is 9.79 Å². The summed E-state index contributed by atoms with van der Waals surface area (Å²) in [6.45, 7) is 11.0. The summed E-state index contributed by atoms with van der Waals surface area (Å²) >= 11 is 2.38. The van der Waals surface area contributed by atoms with Crippen molar-refractivity contribution in [2.24, 2.45) is 0 Å². The van der Waals surface area contributed by atoms with Gasteiger partial charge >= 0.3 is 0 Å². The summed E-state index contributed by atoms with van der Waals surface area (Å²) in [7, 11) is 0. The Bertz CT molecular complexity index is 1110. The lowest BCUT2D eigenvalue weighted by molar-refractivity contribution is -0.108. The van der Waals surface area contributed by atoms with Crippen LogP contribution in [0.3, 0.4) is 0 Å². The molecule has 3 aromatic carbocycles. The first kappa shape index (κ1) is 20.2. The number of hydrogen-bond acceptors (Lipinski definition) is 4. The Morgan fingerprint density at radius 3 is 2.25 bits per heavy atom. The molecule has 0 saturated carbocycles. The summed E-state index contributed by atoms with van der Waals surface area (Å²) in [5, 5.41) is 2.04. The number of thioether (sulfide) groups is 2. The quantitative estimate of drug-likeness (QED) is 0.345. The van der Waals surface area contributed by atoms with Gasteiger partial charge in [-0.1, -0.05) is 49.6 Å². The fourth-order valence-corrected chi connectivity index (χ4v) is 4.43. The van der Waals surface area contributed by atoms with E-state index >= 15 is 0 Å². The molecular formula is C24H20O2S2. The standard InChI is InChI=1S/C24H20O2S2/c1-5-23(25)27-17-10-11-18(16(4)14-17)20-12-13-22(28-24(26)15(2)3)21-9-7-6-8-19(20)21/h5-14H,1-2H2,3-4H3. The first-order chi connectivity index (χ1) is 13.4. The summed E-state index contributed by atoms with van der Waals surface area (Å²) in [4.78, 5) is 25.6. The molecule has 2 nitrogen and oxygen atoms in total. The molecule has 28 heavy (non-hydrogen) atoms. The van der Waals surface area contributed by atoms with Crippen LogP contribution in [0.25, 0.3) is 21.9 Å². The third-order valence-corrected chi connectivity index (χ3v) is 6.28. The van der Waals surface area contributed by atoms with E-state index < -0.39 is 0 Å². The summed E-state index contributed by atoms with van der Waals surface area (Å²) < 4.78 is 0. The molecule has 4 heteroatoms. The van der Waals surface area contributed by atoms with Crippen molar-refractivity contribution in [1.29, 1.82) is 0 Å². The van der Waals surface area contributed by atoms with Crippen LogP contribution >= 0.6 is 23.5 Å². The fourth-order valence-electron chi connectivity index (χ4n) is 2.94. The van der Waals surface area contributed by atoms with Crippen LogP contribution in [-0.4, -0.2) is 10.2 Å². The molecule has 0 heterocycles. The number of carbonyl (C=O) groups excluding carboxylic acids is 2. The first-order valence-electron chi connectivity index (χ1n) is 8.75. The van der Waals surface area contributed by atoms with Gasteiger partial charge in [0.25, 0.3) is 0 Å². The minimum absolute atomic E-state index is 0.0256. The maximum Gasteiger partial charge on any atom is 0.219 e. The molecule has 3 rings (SSSR count). The van der Waals surface area contributed by atoms with Crippen LogP contribution < -0.4 is 0 Å². The van der Waals surface area contributed by atoms with Crippen molar-refractivity contribution >= 4 is 44.5 Å². The van der Waals surface area contributed by atoms with E-state index in [2.05, 4.69) is 25.3 Å². The lowest BCUT2D eigenvalue weighted by atomic mass is 9.95. The molecule has 0 unspecified atom stereocenters. The third kappa shape index (κ3) is 4.29. The molecule has 3 aromatic rings. The van der Waals surface area contributed by atoms with Crippen molar-refractivity contribution in [2.45, 2.75) is 23.6 Å². The van der Waals surface area contributed by atoms with Crippen molar-refractivity contribution in [3.8, 4) is 11.1 Å². The molecule has 140 valence electrons. The zero-order chi connectivity index (χ0) is 20.3. The smallest absolute Gasteiger partial charge is 0.219 e. The van der Waals surface area contributed by atoms with Crippen LogP contribution in [0.15, 0.2) is 89.2 Å². The number of aryl methyl sites for hydroxylation is 1. The van der Waals surface area contributed by atoms with Gasteiger partial charge in [-0.15, -0.1) is 0 Å². The molecule has 0 bridgehead atoms. The number of fused-ring (bicyclic) bond motifs is 1. The van der Waals surface area contributed by atoms with E-state index in [-0.39, 0.29) is 10.2 Å². The number of rotatable bonds is 5. The zero-order valence-electron chi connectivity index (χ0n) is 15.8. The highest BCUT2D eigenvalue weighted by Gasteiger charge is 2.13. The molecule has 0 saturated heterocycles. The third-order valence-electron chi connectivity index (χ3n) is 4.31. The van der Waals surface area contributed by atoms with E-state index in [9.17, 15) is 9.59 Å². The molecule has 0 N–H and O–H groups in total. The second-order valence-electron chi connectivity index (χ2n) is 6.43. The van der Waals surface area contributed by atoms with Gasteiger partial charge in [0.15, 0.2) is 0 Å². The number of carbonyl (C=O) groups is 2. The van der Waals surface area contributed by atoms with Crippen LogP contribution in [0.2, 0.25) is 0 Å². The normalized spacial score (nSPS) is 10.6. The van der Waals surface area contributed by atoms with Crippen molar-refractivity contribution in [1.82, 2.24) is 0 Å². The zero-order valence-corrected chi connectivity index (χ0v) is 17.5. The lowest BCUT2D eigenvalue weighted by Crippen LogP contribution is -1.93. The van der Waals surface area contributed by atoms with Gasteiger partial charge in [-0.05, 0) is 94.7 Å². The van der Waals surface area contributed by atoms with Crippen LogP contribution in [0.5, 0.6) is 0 Å². The van der Waals surface area contributed by atoms with Gasteiger partial charge in [-0.2, -0.15) is 0 Å². The highest BCUT2D eigenvalue weighted by atomic mass is 32.2. The van der Waals surface area contributed by atoms with E-state index in [4.69, 9.17) is 0 Å². The van der Waals surface area contributed by atoms with Crippen LogP contribution in [0.4, 0.5) is 0 Å². The topological polar surface area (TPSA) is 34.1 Å². The number of hydrogen-bond donors (Lipinski definition) is 0. The Labute approximate surface area is 173 Å². The summed E-state index contributed by atoms with van der Waals surface area (Å²) in [5.74, 6) is 0. The van der Waals surface area contributed by atoms with Crippen LogP contribution in [0.1, 0.15) is 12.5 Å². The largest absolute Gasteiger partial charge is 0.282 e. The average Bonchev–Trinajstić information content (AvgIpc) is 2.68. The highest BCUT2D eigenvalue weighted by Crippen LogP contribution is 2.38. The van der Waals surface area contributed by atoms with E-state index in [0.717, 1.165) is 37.3 Å². The Morgan fingerprint density at radius 1 is 0.929 bits per heavy atom. The Hall–Kier alpha value is -2.56. The average molecular weight is 405 g/mol. The minimum atomic E-state index is -0.0684. The molecule has 0 radical (unpaired) electrons. The molecule has 0 fully saturated rings. The molecule has 0 amide bonds. The van der Waals surface area contributed by atoms with Gasteiger partial charge in [0.1, 0.15) is 0 Å². The van der Waals surface area contributed by atoms with E-state index in [1.165, 1.54) is 29.6 Å². The van der Waals surface area contributed by atoms with E-state index in [1.54, 1.807) is 6.92 Å². The fraction of sp³-hybridized carbons (Fsp3) is 0.0833. The minimum Gasteiger partial charge on any atom is -0.282 e. The molecule has 0 aromatic heterocycles. The Kier molecular flexibility index (Phi) is 6.22. The lowest BCUT2D eigenvalue weighted by Gasteiger charge is -2.13. The maximum atomic E-state index is 12.1. The van der Waals surface area contributed by atoms with Gasteiger partial charge in [-0.25, -0.2) is 0 Å². The number of benzene rings is 3. The predicted molar refractivity (Wildman–Crippen MR) is 121 cm³/mol. The van der Waals surface area contributed by atoms with Crippen molar-refractivity contribution < 1.29 is 9.59 Å². The van der Waals surface area contributed by atoms with Crippen LogP contribution in [0, 0.1) is 6.92 Å². The van der Waals surface area contributed by atoms with Gasteiger partial charge in [-0.3, -0.25) is 9.59 Å². The molecule has 0 aliphatic carbocycles. The predicted octanol–water partition coefficient (Wildman–Crippen LogP) is 6.81. The Morgan fingerprint density at radius 2 is 1.61 bits per heavy atom. The van der Waals surface area contributed by atoms with Crippen LogP contribution in [-0.2, 0) is 9.59 Å². The molecule has 0 spiro atoms. The van der Waals surface area contributed by atoms with Gasteiger partial charge < -0.3 is 0 Å². The van der Waals surface area contributed by atoms with Crippen molar-refractivity contribution in [3.05, 3.63) is 85.0 Å². The SMILES string of the molecule is C=CC(=O)Sc1ccc(-c2ccc(SC(=O)C(=C)C)c3ccccc23)c(C)c1. The molecular weight excluding hydrogens is 384 g/mol. The van der Waals surface area contributed by atoms with E-state index in [0.29, 0.717) is 5.57 Å². The second kappa shape index (κ2) is 8.63. The maximum absolute atomic E-state index is 12.1. The summed E-state index contributed by atoms with van der Waals surface area (Å²) in [6, 6.07) is 18.2. The van der Waals surface area contributed by atoms with Crippen molar-refractivity contribution in [3.63, 3.8) is 0 Å². The molecule has 0 aliphatic heterocycles. The van der Waals surface area contributed by atoms with E-state index in [1.807, 2.05) is 49.4 Å². The monoisotopic (exact) mass is 404 g/mol. The summed E-state index contributed by atoms with van der Waals surface area (Å²) in [5.41, 5.74) is 3.84. The summed E-state index contributed by atoms with van der Waals surface area (Å²) in [6.07, 6.45) is 1.32. The first-order valence-corrected chi connectivity index (χ1v) is 10.4. The second-order valence-corrected chi connectivity index (χ2v) is 8.52. The highest BCUT2D eigenvalue weighted by molar-refractivity contribution is 8.14. The molecule has 0 aliphatic rings. The van der Waals surface area contributed by atoms with Crippen molar-refractivity contribution in [2.75, 3.05) is 0 Å². The Balaban J connectivity index is 2.07. The van der Waals surface area contributed by atoms with Gasteiger partial charge in [0.2, 0.25) is 10.2 Å². The van der Waals surface area contributed by atoms with Gasteiger partial charge in [0.05, 0.1) is 0 Å².